The summed E-state index contributed by atoms with van der Waals surface area (Å²) in [5.41, 5.74) is 3.22. The van der Waals surface area contributed by atoms with Crippen LogP contribution in [0.2, 0.25) is 5.02 Å². The molecule has 0 radical (unpaired) electrons. The molecule has 168 valence electrons. The predicted molar refractivity (Wildman–Crippen MR) is 126 cm³/mol. The molecule has 3 aromatic rings. The van der Waals surface area contributed by atoms with E-state index in [9.17, 15) is 4.79 Å². The van der Waals surface area contributed by atoms with Crippen molar-refractivity contribution in [3.63, 3.8) is 0 Å². The van der Waals surface area contributed by atoms with Crippen LogP contribution in [-0.4, -0.2) is 48.4 Å². The fraction of sp³-hybridized carbons (Fsp3) is 0.333. The van der Waals surface area contributed by atoms with Crippen molar-refractivity contribution in [2.24, 2.45) is 0 Å². The first-order valence-corrected chi connectivity index (χ1v) is 11.1. The fourth-order valence-corrected chi connectivity index (χ4v) is 3.89. The lowest BCUT2D eigenvalue weighted by Gasteiger charge is -2.30. The number of carbonyl (C=O) groups is 1. The maximum absolute atomic E-state index is 13.2. The van der Waals surface area contributed by atoms with E-state index in [0.29, 0.717) is 49.4 Å². The van der Waals surface area contributed by atoms with Crippen LogP contribution in [0.3, 0.4) is 0 Å². The van der Waals surface area contributed by atoms with Crippen molar-refractivity contribution in [1.29, 1.82) is 0 Å². The van der Waals surface area contributed by atoms with E-state index < -0.39 is 0 Å². The summed E-state index contributed by atoms with van der Waals surface area (Å²) in [5.74, 6) is 0.688. The lowest BCUT2D eigenvalue weighted by atomic mass is 10.1. The van der Waals surface area contributed by atoms with Gasteiger partial charge in [0, 0.05) is 35.4 Å². The van der Waals surface area contributed by atoms with Crippen molar-refractivity contribution in [2.75, 3.05) is 36.5 Å². The van der Waals surface area contributed by atoms with Gasteiger partial charge in [-0.2, -0.15) is 0 Å². The van der Waals surface area contributed by atoms with Gasteiger partial charge in [0.1, 0.15) is 5.69 Å². The number of ether oxygens (including phenoxy) is 1. The van der Waals surface area contributed by atoms with Gasteiger partial charge in [-0.15, -0.1) is 0 Å². The van der Waals surface area contributed by atoms with Gasteiger partial charge in [-0.1, -0.05) is 53.2 Å². The van der Waals surface area contributed by atoms with Gasteiger partial charge in [-0.05, 0) is 32.0 Å². The summed E-state index contributed by atoms with van der Waals surface area (Å²) in [7, 11) is 0. The molecule has 2 amide bonds. The van der Waals surface area contributed by atoms with Crippen LogP contribution in [-0.2, 0) is 11.3 Å². The molecule has 1 N–H and O–H groups in total. The van der Waals surface area contributed by atoms with Crippen molar-refractivity contribution in [3.05, 3.63) is 65.2 Å². The zero-order valence-corrected chi connectivity index (χ0v) is 19.0. The first kappa shape index (κ1) is 22.2. The highest BCUT2D eigenvalue weighted by Gasteiger charge is 2.28. The molecule has 1 aromatic heterocycles. The molecule has 0 spiro atoms. The zero-order chi connectivity index (χ0) is 22.5. The van der Waals surface area contributed by atoms with E-state index in [1.54, 1.807) is 17.0 Å². The van der Waals surface area contributed by atoms with Crippen LogP contribution < -0.4 is 10.2 Å². The molecular weight excluding hydrogens is 428 g/mol. The third kappa shape index (κ3) is 5.06. The van der Waals surface area contributed by atoms with Crippen LogP contribution in [0.1, 0.15) is 19.4 Å². The van der Waals surface area contributed by atoms with Crippen LogP contribution in [0, 0.1) is 0 Å². The number of hydrogen-bond acceptors (Lipinski definition) is 5. The number of amides is 2. The van der Waals surface area contributed by atoms with Gasteiger partial charge in [0.2, 0.25) is 5.88 Å². The number of hydrogen-bond donors (Lipinski definition) is 1. The highest BCUT2D eigenvalue weighted by Crippen LogP contribution is 2.33. The molecule has 7 nitrogen and oxygen atoms in total. The van der Waals surface area contributed by atoms with Gasteiger partial charge in [-0.25, -0.2) is 4.79 Å². The van der Waals surface area contributed by atoms with E-state index >= 15 is 0 Å². The molecular formula is C24H27ClN4O3. The predicted octanol–water partition coefficient (Wildman–Crippen LogP) is 5.27. The molecule has 4 rings (SSSR count). The van der Waals surface area contributed by atoms with E-state index in [4.69, 9.17) is 20.9 Å². The van der Waals surface area contributed by atoms with Crippen LogP contribution in [0.15, 0.2) is 59.1 Å². The third-order valence-electron chi connectivity index (χ3n) is 5.40. The molecule has 0 atom stereocenters. The summed E-state index contributed by atoms with van der Waals surface area (Å²) in [5, 5.41) is 7.92. The van der Waals surface area contributed by atoms with E-state index in [1.807, 2.05) is 56.3 Å². The number of carbonyl (C=O) groups excluding carboxylic acids is 1. The van der Waals surface area contributed by atoms with Crippen molar-refractivity contribution in [1.82, 2.24) is 10.1 Å². The Kier molecular flexibility index (Phi) is 6.97. The highest BCUT2D eigenvalue weighted by molar-refractivity contribution is 6.30. The Bertz CT molecular complexity index is 1050. The minimum absolute atomic E-state index is 0.0507. The largest absolute Gasteiger partial charge is 0.378 e. The normalized spacial score (nSPS) is 13.9. The average molecular weight is 455 g/mol. The van der Waals surface area contributed by atoms with Crippen LogP contribution in [0.4, 0.5) is 16.4 Å². The first-order valence-electron chi connectivity index (χ1n) is 10.7. The van der Waals surface area contributed by atoms with E-state index in [-0.39, 0.29) is 12.1 Å². The summed E-state index contributed by atoms with van der Waals surface area (Å²) in [6.45, 7) is 7.02. The molecule has 0 aliphatic carbocycles. The monoisotopic (exact) mass is 454 g/mol. The molecule has 1 saturated heterocycles. The van der Waals surface area contributed by atoms with Crippen molar-refractivity contribution < 1.29 is 14.1 Å². The Morgan fingerprint density at radius 3 is 2.59 bits per heavy atom. The summed E-state index contributed by atoms with van der Waals surface area (Å²) < 4.78 is 11.3. The van der Waals surface area contributed by atoms with Gasteiger partial charge in [0.25, 0.3) is 0 Å². The zero-order valence-electron chi connectivity index (χ0n) is 18.3. The smallest absolute Gasteiger partial charge is 0.322 e. The maximum atomic E-state index is 13.2. The molecule has 2 heterocycles. The van der Waals surface area contributed by atoms with E-state index in [0.717, 1.165) is 16.8 Å². The SMILES string of the molecule is CC(C)N(Cc1c(-c2ccccc2)noc1N1CCOCC1)C(=O)Nc1cccc(Cl)c1. The number of benzene rings is 2. The lowest BCUT2D eigenvalue weighted by molar-refractivity contribution is 0.119. The Balaban J connectivity index is 1.66. The second-order valence-electron chi connectivity index (χ2n) is 7.94. The molecule has 2 aromatic carbocycles. The fourth-order valence-electron chi connectivity index (χ4n) is 3.70. The van der Waals surface area contributed by atoms with Crippen LogP contribution in [0.5, 0.6) is 0 Å². The topological polar surface area (TPSA) is 70.8 Å². The Morgan fingerprint density at radius 1 is 1.16 bits per heavy atom. The van der Waals surface area contributed by atoms with Crippen molar-refractivity contribution in [2.45, 2.75) is 26.4 Å². The summed E-state index contributed by atoms with van der Waals surface area (Å²) in [6.07, 6.45) is 0. The van der Waals surface area contributed by atoms with Gasteiger partial charge in [0.15, 0.2) is 0 Å². The lowest BCUT2D eigenvalue weighted by Crippen LogP contribution is -2.41. The number of halogens is 1. The Hall–Kier alpha value is -3.03. The molecule has 0 saturated carbocycles. The Labute approximate surface area is 192 Å². The number of nitrogens with one attached hydrogen (secondary N) is 1. The molecule has 1 aliphatic heterocycles. The number of aromatic nitrogens is 1. The minimum Gasteiger partial charge on any atom is -0.378 e. The van der Waals surface area contributed by atoms with E-state index in [2.05, 4.69) is 15.4 Å². The maximum Gasteiger partial charge on any atom is 0.322 e. The third-order valence-corrected chi connectivity index (χ3v) is 5.64. The number of nitrogens with zero attached hydrogens (tertiary/aromatic N) is 3. The number of rotatable bonds is 6. The highest BCUT2D eigenvalue weighted by atomic mass is 35.5. The Morgan fingerprint density at radius 2 is 1.91 bits per heavy atom. The van der Waals surface area contributed by atoms with Gasteiger partial charge in [0.05, 0.1) is 25.3 Å². The molecule has 1 fully saturated rings. The second-order valence-corrected chi connectivity index (χ2v) is 8.38. The molecule has 32 heavy (non-hydrogen) atoms. The number of urea groups is 1. The number of anilines is 2. The van der Waals surface area contributed by atoms with Crippen LogP contribution in [0.25, 0.3) is 11.3 Å². The standard InChI is InChI=1S/C24H27ClN4O3/c1-17(2)29(24(30)26-20-10-6-9-19(25)15-20)16-21-22(18-7-4-3-5-8-18)27-32-23(21)28-11-13-31-14-12-28/h3-10,15,17H,11-14,16H2,1-2H3,(H,26,30). The quantitative estimate of drug-likeness (QED) is 0.549. The summed E-state index contributed by atoms with van der Waals surface area (Å²) >= 11 is 6.08. The van der Waals surface area contributed by atoms with Gasteiger partial charge < -0.3 is 24.4 Å². The second kappa shape index (κ2) is 10.1. The number of morpholine rings is 1. The molecule has 0 unspecified atom stereocenters. The molecule has 1 aliphatic rings. The summed E-state index contributed by atoms with van der Waals surface area (Å²) in [6, 6.07) is 16.7. The van der Waals surface area contributed by atoms with Crippen molar-refractivity contribution in [3.8, 4) is 11.3 Å². The molecule has 8 heteroatoms. The summed E-state index contributed by atoms with van der Waals surface area (Å²) in [4.78, 5) is 17.1. The van der Waals surface area contributed by atoms with Crippen molar-refractivity contribution >= 4 is 29.2 Å². The van der Waals surface area contributed by atoms with Gasteiger partial charge >= 0.3 is 6.03 Å². The minimum atomic E-state index is -0.213. The van der Waals surface area contributed by atoms with E-state index in [1.165, 1.54) is 0 Å². The average Bonchev–Trinajstić information content (AvgIpc) is 3.22. The van der Waals surface area contributed by atoms with Crippen LogP contribution >= 0.6 is 11.6 Å². The van der Waals surface area contributed by atoms with Gasteiger partial charge in [-0.3, -0.25) is 0 Å². The molecule has 0 bridgehead atoms. The first-order chi connectivity index (χ1) is 15.5.